The van der Waals surface area contributed by atoms with Crippen LogP contribution in [0, 0.1) is 0 Å². The van der Waals surface area contributed by atoms with E-state index in [4.69, 9.17) is 4.74 Å². The van der Waals surface area contributed by atoms with Crippen LogP contribution in [0.15, 0.2) is 30.7 Å². The molecule has 0 bridgehead atoms. The number of amides is 1. The highest BCUT2D eigenvalue weighted by Gasteiger charge is 2.18. The molecule has 1 fully saturated rings. The van der Waals surface area contributed by atoms with Gasteiger partial charge in [-0.25, -0.2) is 9.97 Å². The molecule has 22 heavy (non-hydrogen) atoms. The number of hydrogen-bond acceptors (Lipinski definition) is 4. The Morgan fingerprint density at radius 1 is 1.41 bits per heavy atom. The second-order valence-electron chi connectivity index (χ2n) is 5.49. The van der Waals surface area contributed by atoms with Crippen molar-refractivity contribution in [3.05, 3.63) is 47.8 Å². The summed E-state index contributed by atoms with van der Waals surface area (Å²) < 4.78 is 7.45. The summed E-state index contributed by atoms with van der Waals surface area (Å²) in [6.45, 7) is 1.19. The Labute approximate surface area is 129 Å². The maximum absolute atomic E-state index is 12.0. The zero-order valence-corrected chi connectivity index (χ0v) is 12.7. The standard InChI is InChI=1S/C16H20N4O2/c1-20-7-4-5-13(20)16(21)19-11-12-9-17-15(18-10-12)14-6-2-3-8-22-14/h4-5,7,9-10,14H,2-3,6,8,11H2,1H3,(H,19,21)/t14-/m0/s1. The molecule has 1 N–H and O–H groups in total. The van der Waals surface area contributed by atoms with Crippen LogP contribution in [0.1, 0.15) is 47.2 Å². The second-order valence-corrected chi connectivity index (χ2v) is 5.49. The van der Waals surface area contributed by atoms with Crippen LogP contribution in [0.4, 0.5) is 0 Å². The topological polar surface area (TPSA) is 69.0 Å². The summed E-state index contributed by atoms with van der Waals surface area (Å²) in [4.78, 5) is 20.8. The number of ether oxygens (including phenoxy) is 1. The number of aryl methyl sites for hydroxylation is 1. The third-order valence-electron chi connectivity index (χ3n) is 3.82. The molecule has 6 nitrogen and oxygen atoms in total. The SMILES string of the molecule is Cn1cccc1C(=O)NCc1cnc([C@@H]2CCCCO2)nc1. The average molecular weight is 300 g/mol. The molecule has 1 aliphatic heterocycles. The summed E-state index contributed by atoms with van der Waals surface area (Å²) in [5.74, 6) is 0.629. The Morgan fingerprint density at radius 2 is 2.23 bits per heavy atom. The van der Waals surface area contributed by atoms with Gasteiger partial charge in [0, 0.05) is 44.4 Å². The van der Waals surface area contributed by atoms with Crippen LogP contribution < -0.4 is 5.32 Å². The van der Waals surface area contributed by atoms with Crippen molar-refractivity contribution in [3.8, 4) is 0 Å². The van der Waals surface area contributed by atoms with Crippen LogP contribution in [0.2, 0.25) is 0 Å². The van der Waals surface area contributed by atoms with Gasteiger partial charge in [-0.3, -0.25) is 4.79 Å². The van der Waals surface area contributed by atoms with E-state index in [1.807, 2.05) is 19.3 Å². The smallest absolute Gasteiger partial charge is 0.268 e. The Kier molecular flexibility index (Phi) is 4.48. The Balaban J connectivity index is 1.57. The molecule has 116 valence electrons. The van der Waals surface area contributed by atoms with E-state index in [2.05, 4.69) is 15.3 Å². The van der Waals surface area contributed by atoms with Gasteiger partial charge < -0.3 is 14.6 Å². The monoisotopic (exact) mass is 300 g/mol. The minimum Gasteiger partial charge on any atom is -0.370 e. The van der Waals surface area contributed by atoms with Gasteiger partial charge in [-0.1, -0.05) is 0 Å². The first kappa shape index (κ1) is 14.7. The molecule has 3 rings (SSSR count). The highest BCUT2D eigenvalue weighted by atomic mass is 16.5. The molecule has 0 aromatic carbocycles. The molecule has 0 radical (unpaired) electrons. The number of hydrogen-bond donors (Lipinski definition) is 1. The second kappa shape index (κ2) is 6.70. The maximum atomic E-state index is 12.0. The summed E-state index contributed by atoms with van der Waals surface area (Å²) in [6, 6.07) is 3.63. The van der Waals surface area contributed by atoms with Gasteiger partial charge in [0.1, 0.15) is 11.8 Å². The molecule has 1 saturated heterocycles. The molecule has 1 aliphatic rings. The van der Waals surface area contributed by atoms with E-state index in [0.717, 1.165) is 37.3 Å². The van der Waals surface area contributed by atoms with Crippen LogP contribution in [0.3, 0.4) is 0 Å². The van der Waals surface area contributed by atoms with Crippen molar-refractivity contribution in [2.75, 3.05) is 6.61 Å². The van der Waals surface area contributed by atoms with E-state index in [1.54, 1.807) is 23.0 Å². The number of carbonyl (C=O) groups excluding carboxylic acids is 1. The molecule has 0 saturated carbocycles. The molecule has 2 aromatic heterocycles. The Morgan fingerprint density at radius 3 is 2.86 bits per heavy atom. The fourth-order valence-electron chi connectivity index (χ4n) is 2.54. The first-order valence-electron chi connectivity index (χ1n) is 7.56. The van der Waals surface area contributed by atoms with Crippen molar-refractivity contribution in [3.63, 3.8) is 0 Å². The lowest BCUT2D eigenvalue weighted by Gasteiger charge is -2.21. The molecule has 6 heteroatoms. The van der Waals surface area contributed by atoms with Gasteiger partial charge in [0.15, 0.2) is 5.82 Å². The lowest BCUT2D eigenvalue weighted by molar-refractivity contribution is 0.00940. The van der Waals surface area contributed by atoms with Crippen LogP contribution >= 0.6 is 0 Å². The van der Waals surface area contributed by atoms with Crippen LogP contribution in [-0.4, -0.2) is 27.0 Å². The number of rotatable bonds is 4. The van der Waals surface area contributed by atoms with Crippen molar-refractivity contribution in [2.24, 2.45) is 7.05 Å². The molecule has 0 spiro atoms. The quantitative estimate of drug-likeness (QED) is 0.937. The predicted molar refractivity (Wildman–Crippen MR) is 81.2 cm³/mol. The van der Waals surface area contributed by atoms with E-state index in [1.165, 1.54) is 0 Å². The van der Waals surface area contributed by atoms with Crippen molar-refractivity contribution in [2.45, 2.75) is 31.9 Å². The largest absolute Gasteiger partial charge is 0.370 e. The summed E-state index contributed by atoms with van der Waals surface area (Å²) in [7, 11) is 1.84. The first-order chi connectivity index (χ1) is 10.7. The molecule has 2 aromatic rings. The van der Waals surface area contributed by atoms with E-state index >= 15 is 0 Å². The molecular formula is C16H20N4O2. The predicted octanol–water partition coefficient (Wildman–Crippen LogP) is 1.99. The van der Waals surface area contributed by atoms with Crippen molar-refractivity contribution < 1.29 is 9.53 Å². The summed E-state index contributed by atoms with van der Waals surface area (Å²) >= 11 is 0. The van der Waals surface area contributed by atoms with Crippen LogP contribution in [0.25, 0.3) is 0 Å². The lowest BCUT2D eigenvalue weighted by Crippen LogP contribution is -2.25. The van der Waals surface area contributed by atoms with E-state index in [-0.39, 0.29) is 12.0 Å². The summed E-state index contributed by atoms with van der Waals surface area (Å²) in [5.41, 5.74) is 1.51. The molecule has 3 heterocycles. The van der Waals surface area contributed by atoms with Crippen LogP contribution in [0.5, 0.6) is 0 Å². The van der Waals surface area contributed by atoms with Crippen molar-refractivity contribution in [1.29, 1.82) is 0 Å². The Bertz CT molecular complexity index is 630. The van der Waals surface area contributed by atoms with E-state index < -0.39 is 0 Å². The minimum atomic E-state index is -0.104. The van der Waals surface area contributed by atoms with Gasteiger partial charge in [-0.15, -0.1) is 0 Å². The third-order valence-corrected chi connectivity index (χ3v) is 3.82. The minimum absolute atomic E-state index is 0.0146. The van der Waals surface area contributed by atoms with Gasteiger partial charge in [0.2, 0.25) is 0 Å². The number of carbonyl (C=O) groups is 1. The zero-order valence-electron chi connectivity index (χ0n) is 12.7. The average Bonchev–Trinajstić information content (AvgIpc) is 3.00. The molecular weight excluding hydrogens is 280 g/mol. The lowest BCUT2D eigenvalue weighted by atomic mass is 10.1. The fraction of sp³-hybridized carbons (Fsp3) is 0.438. The van der Waals surface area contributed by atoms with E-state index in [9.17, 15) is 4.79 Å². The normalized spacial score (nSPS) is 18.1. The third kappa shape index (κ3) is 3.33. The molecule has 0 aliphatic carbocycles. The molecule has 0 unspecified atom stereocenters. The van der Waals surface area contributed by atoms with Gasteiger partial charge >= 0.3 is 0 Å². The molecule has 1 amide bonds. The summed E-state index contributed by atoms with van der Waals surface area (Å²) in [6.07, 6.45) is 8.61. The number of aromatic nitrogens is 3. The Hall–Kier alpha value is -2.21. The van der Waals surface area contributed by atoms with Gasteiger partial charge in [0.05, 0.1) is 0 Å². The van der Waals surface area contributed by atoms with Gasteiger partial charge in [-0.2, -0.15) is 0 Å². The van der Waals surface area contributed by atoms with Crippen molar-refractivity contribution in [1.82, 2.24) is 19.9 Å². The highest BCUT2D eigenvalue weighted by Crippen LogP contribution is 2.24. The number of nitrogens with zero attached hydrogens (tertiary/aromatic N) is 3. The fourth-order valence-corrected chi connectivity index (χ4v) is 2.54. The number of nitrogens with one attached hydrogen (secondary N) is 1. The zero-order chi connectivity index (χ0) is 15.4. The first-order valence-corrected chi connectivity index (χ1v) is 7.56. The van der Waals surface area contributed by atoms with Gasteiger partial charge in [-0.05, 0) is 31.4 Å². The highest BCUT2D eigenvalue weighted by molar-refractivity contribution is 5.92. The van der Waals surface area contributed by atoms with Crippen molar-refractivity contribution >= 4 is 5.91 Å². The van der Waals surface area contributed by atoms with Gasteiger partial charge in [0.25, 0.3) is 5.91 Å². The van der Waals surface area contributed by atoms with Crippen LogP contribution in [-0.2, 0) is 18.3 Å². The molecule has 1 atom stereocenters. The maximum Gasteiger partial charge on any atom is 0.268 e. The summed E-state index contributed by atoms with van der Waals surface area (Å²) in [5, 5.41) is 2.87. The van der Waals surface area contributed by atoms with E-state index in [0.29, 0.717) is 12.2 Å².